The summed E-state index contributed by atoms with van der Waals surface area (Å²) in [5, 5.41) is 0. The summed E-state index contributed by atoms with van der Waals surface area (Å²) in [7, 11) is 0. The number of nitrogens with zero attached hydrogens (tertiary/aromatic N) is 2. The molecule has 1 aromatic rings. The van der Waals surface area contributed by atoms with Gasteiger partial charge in [-0.1, -0.05) is 34.6 Å². The minimum absolute atomic E-state index is 0.140. The summed E-state index contributed by atoms with van der Waals surface area (Å²) in [4.78, 5) is 7.12. The van der Waals surface area contributed by atoms with Crippen molar-refractivity contribution in [3.8, 4) is 0 Å². The number of hydrogen-bond acceptors (Lipinski definition) is 2. The molecule has 2 atom stereocenters. The molecule has 2 rings (SSSR count). The second-order valence-corrected chi connectivity index (χ2v) is 7.00. The third-order valence-corrected chi connectivity index (χ3v) is 3.75. The van der Waals surface area contributed by atoms with E-state index < -0.39 is 0 Å². The standard InChI is InChI=1S/C16H26N2/c1-12-8-13(2)11-18(10-12)14-6-7-15(17-9-14)16(3,4)5/h6-7,9,12-13H,8,10-11H2,1-5H3/t12-,13+. The van der Waals surface area contributed by atoms with Crippen molar-refractivity contribution in [2.75, 3.05) is 18.0 Å². The average molecular weight is 246 g/mol. The molecule has 1 fully saturated rings. The Bertz CT molecular complexity index is 379. The van der Waals surface area contributed by atoms with E-state index in [4.69, 9.17) is 0 Å². The molecule has 0 bridgehead atoms. The van der Waals surface area contributed by atoms with Gasteiger partial charge in [-0.2, -0.15) is 0 Å². The van der Waals surface area contributed by atoms with Gasteiger partial charge in [-0.25, -0.2) is 0 Å². The van der Waals surface area contributed by atoms with Crippen molar-refractivity contribution in [3.63, 3.8) is 0 Å². The highest BCUT2D eigenvalue weighted by atomic mass is 15.1. The Kier molecular flexibility index (Phi) is 3.65. The van der Waals surface area contributed by atoms with Gasteiger partial charge in [0.1, 0.15) is 0 Å². The number of aromatic nitrogens is 1. The van der Waals surface area contributed by atoms with E-state index in [1.165, 1.54) is 30.9 Å². The molecule has 1 aliphatic heterocycles. The summed E-state index contributed by atoms with van der Waals surface area (Å²) in [5.74, 6) is 1.58. The van der Waals surface area contributed by atoms with Crippen LogP contribution in [0.1, 0.15) is 46.7 Å². The summed E-state index contributed by atoms with van der Waals surface area (Å²) >= 11 is 0. The molecule has 0 amide bonds. The molecule has 0 aromatic carbocycles. The van der Waals surface area contributed by atoms with Crippen LogP contribution in [0.25, 0.3) is 0 Å². The van der Waals surface area contributed by atoms with Crippen molar-refractivity contribution in [1.29, 1.82) is 0 Å². The van der Waals surface area contributed by atoms with Crippen molar-refractivity contribution < 1.29 is 0 Å². The summed E-state index contributed by atoms with van der Waals surface area (Å²) < 4.78 is 0. The molecular weight excluding hydrogens is 220 g/mol. The van der Waals surface area contributed by atoms with Gasteiger partial charge < -0.3 is 4.90 Å². The van der Waals surface area contributed by atoms with E-state index in [2.05, 4.69) is 56.6 Å². The fourth-order valence-electron chi connectivity index (χ4n) is 2.89. The Morgan fingerprint density at radius 2 is 1.72 bits per heavy atom. The van der Waals surface area contributed by atoms with Crippen LogP contribution in [0.4, 0.5) is 5.69 Å². The van der Waals surface area contributed by atoms with Crippen molar-refractivity contribution in [1.82, 2.24) is 4.98 Å². The first-order valence-electron chi connectivity index (χ1n) is 7.07. The summed E-state index contributed by atoms with van der Waals surface area (Å²) in [5.41, 5.74) is 2.59. The maximum absolute atomic E-state index is 4.63. The van der Waals surface area contributed by atoms with Crippen LogP contribution in [-0.2, 0) is 5.41 Å². The zero-order valence-electron chi connectivity index (χ0n) is 12.4. The number of rotatable bonds is 1. The third kappa shape index (κ3) is 3.04. The number of anilines is 1. The van der Waals surface area contributed by atoms with E-state index in [0.29, 0.717) is 0 Å². The second-order valence-electron chi connectivity index (χ2n) is 7.00. The SMILES string of the molecule is C[C@@H]1C[C@H](C)CN(c2ccc(C(C)(C)C)nc2)C1. The monoisotopic (exact) mass is 246 g/mol. The molecule has 2 nitrogen and oxygen atoms in total. The largest absolute Gasteiger partial charge is 0.370 e. The topological polar surface area (TPSA) is 16.1 Å². The van der Waals surface area contributed by atoms with Crippen molar-refractivity contribution in [3.05, 3.63) is 24.0 Å². The second kappa shape index (κ2) is 4.91. The molecule has 0 aliphatic carbocycles. The van der Waals surface area contributed by atoms with Crippen LogP contribution in [0.15, 0.2) is 18.3 Å². The molecule has 0 radical (unpaired) electrons. The molecule has 0 N–H and O–H groups in total. The molecule has 0 unspecified atom stereocenters. The predicted molar refractivity (Wildman–Crippen MR) is 78.1 cm³/mol. The van der Waals surface area contributed by atoms with Crippen LogP contribution < -0.4 is 4.90 Å². The normalized spacial score (nSPS) is 25.3. The molecule has 0 saturated carbocycles. The van der Waals surface area contributed by atoms with Gasteiger partial charge in [-0.3, -0.25) is 4.98 Å². The van der Waals surface area contributed by atoms with Crippen LogP contribution in [0.3, 0.4) is 0 Å². The zero-order chi connectivity index (χ0) is 13.3. The minimum Gasteiger partial charge on any atom is -0.370 e. The van der Waals surface area contributed by atoms with Gasteiger partial charge in [0.05, 0.1) is 11.9 Å². The highest BCUT2D eigenvalue weighted by molar-refractivity contribution is 5.45. The Labute approximate surface area is 111 Å². The van der Waals surface area contributed by atoms with Crippen LogP contribution in [0.2, 0.25) is 0 Å². The lowest BCUT2D eigenvalue weighted by molar-refractivity contribution is 0.356. The zero-order valence-corrected chi connectivity index (χ0v) is 12.4. The van der Waals surface area contributed by atoms with Crippen LogP contribution in [0.5, 0.6) is 0 Å². The first-order valence-corrected chi connectivity index (χ1v) is 7.07. The van der Waals surface area contributed by atoms with Gasteiger partial charge in [-0.15, -0.1) is 0 Å². The highest BCUT2D eigenvalue weighted by Gasteiger charge is 2.22. The fourth-order valence-corrected chi connectivity index (χ4v) is 2.89. The summed E-state index contributed by atoms with van der Waals surface area (Å²) in [6.45, 7) is 13.7. The van der Waals surface area contributed by atoms with Gasteiger partial charge in [0.15, 0.2) is 0 Å². The van der Waals surface area contributed by atoms with E-state index >= 15 is 0 Å². The lowest BCUT2D eigenvalue weighted by atomic mass is 9.90. The van der Waals surface area contributed by atoms with Gasteiger partial charge in [-0.05, 0) is 30.4 Å². The number of hydrogen-bond donors (Lipinski definition) is 0. The first-order chi connectivity index (χ1) is 8.36. The first kappa shape index (κ1) is 13.4. The molecule has 1 saturated heterocycles. The molecule has 18 heavy (non-hydrogen) atoms. The molecular formula is C16H26N2. The number of piperidine rings is 1. The van der Waals surface area contributed by atoms with Crippen LogP contribution in [-0.4, -0.2) is 18.1 Å². The maximum atomic E-state index is 4.63. The van der Waals surface area contributed by atoms with E-state index in [1.54, 1.807) is 0 Å². The highest BCUT2D eigenvalue weighted by Crippen LogP contribution is 2.27. The summed E-state index contributed by atoms with van der Waals surface area (Å²) in [6, 6.07) is 4.41. The minimum atomic E-state index is 0.140. The van der Waals surface area contributed by atoms with Crippen LogP contribution >= 0.6 is 0 Å². The molecule has 2 heterocycles. The van der Waals surface area contributed by atoms with Gasteiger partial charge in [0.25, 0.3) is 0 Å². The molecule has 100 valence electrons. The smallest absolute Gasteiger partial charge is 0.0553 e. The molecule has 2 heteroatoms. The van der Waals surface area contributed by atoms with Gasteiger partial charge in [0.2, 0.25) is 0 Å². The lowest BCUT2D eigenvalue weighted by Crippen LogP contribution is -2.38. The fraction of sp³-hybridized carbons (Fsp3) is 0.688. The Hall–Kier alpha value is -1.05. The Morgan fingerprint density at radius 1 is 1.11 bits per heavy atom. The Morgan fingerprint density at radius 3 is 2.17 bits per heavy atom. The molecule has 1 aliphatic rings. The third-order valence-electron chi connectivity index (χ3n) is 3.75. The molecule has 0 spiro atoms. The van der Waals surface area contributed by atoms with E-state index in [0.717, 1.165) is 11.8 Å². The van der Waals surface area contributed by atoms with E-state index in [9.17, 15) is 0 Å². The Balaban J connectivity index is 2.14. The van der Waals surface area contributed by atoms with Crippen molar-refractivity contribution >= 4 is 5.69 Å². The average Bonchev–Trinajstić information content (AvgIpc) is 2.27. The van der Waals surface area contributed by atoms with E-state index in [-0.39, 0.29) is 5.41 Å². The van der Waals surface area contributed by atoms with Gasteiger partial charge >= 0.3 is 0 Å². The lowest BCUT2D eigenvalue weighted by Gasteiger charge is -2.36. The van der Waals surface area contributed by atoms with Crippen molar-refractivity contribution in [2.24, 2.45) is 11.8 Å². The quantitative estimate of drug-likeness (QED) is 0.748. The van der Waals surface area contributed by atoms with Crippen LogP contribution in [0, 0.1) is 11.8 Å². The predicted octanol–water partition coefficient (Wildman–Crippen LogP) is 3.86. The van der Waals surface area contributed by atoms with Crippen molar-refractivity contribution in [2.45, 2.75) is 46.5 Å². The van der Waals surface area contributed by atoms with Gasteiger partial charge in [0, 0.05) is 24.2 Å². The number of pyridine rings is 1. The summed E-state index contributed by atoms with van der Waals surface area (Å²) in [6.07, 6.45) is 3.40. The van der Waals surface area contributed by atoms with E-state index in [1.807, 2.05) is 6.20 Å². The maximum Gasteiger partial charge on any atom is 0.0553 e. The molecule has 1 aromatic heterocycles.